The number of hydrogen-bond acceptors (Lipinski definition) is 2. The molecule has 0 aliphatic carbocycles. The highest BCUT2D eigenvalue weighted by Gasteiger charge is 2.19. The molecule has 1 N–H and O–H groups in total. The first-order valence-corrected chi connectivity index (χ1v) is 6.82. The summed E-state index contributed by atoms with van der Waals surface area (Å²) in [4.78, 5) is 0. The van der Waals surface area contributed by atoms with E-state index in [1.807, 2.05) is 10.7 Å². The van der Waals surface area contributed by atoms with Crippen molar-refractivity contribution in [3.05, 3.63) is 52.3 Å². The standard InChI is InChI=1S/C16H22N2O/c1-5-8-18-14(6-7-17-18)16(19)15-12(3)9-11(2)10-13(15)4/h6-7,9-10,16,19H,5,8H2,1-4H3. The normalized spacial score (nSPS) is 12.7. The van der Waals surface area contributed by atoms with Crippen LogP contribution in [0.1, 0.15) is 47.4 Å². The molecule has 19 heavy (non-hydrogen) atoms. The number of aromatic nitrogens is 2. The monoisotopic (exact) mass is 258 g/mol. The smallest absolute Gasteiger partial charge is 0.121 e. The second-order valence-corrected chi connectivity index (χ2v) is 5.19. The van der Waals surface area contributed by atoms with Crippen LogP contribution in [0.3, 0.4) is 0 Å². The highest BCUT2D eigenvalue weighted by Crippen LogP contribution is 2.28. The van der Waals surface area contributed by atoms with Gasteiger partial charge in [0.25, 0.3) is 0 Å². The van der Waals surface area contributed by atoms with Crippen molar-refractivity contribution in [1.82, 2.24) is 9.78 Å². The van der Waals surface area contributed by atoms with Crippen LogP contribution in [0.4, 0.5) is 0 Å². The summed E-state index contributed by atoms with van der Waals surface area (Å²) in [5.74, 6) is 0. The highest BCUT2D eigenvalue weighted by atomic mass is 16.3. The first kappa shape index (κ1) is 13.8. The first-order valence-electron chi connectivity index (χ1n) is 6.82. The van der Waals surface area contributed by atoms with Crippen LogP contribution in [0, 0.1) is 20.8 Å². The van der Waals surface area contributed by atoms with Gasteiger partial charge in [-0.05, 0) is 49.9 Å². The fourth-order valence-corrected chi connectivity index (χ4v) is 2.74. The maximum absolute atomic E-state index is 10.7. The van der Waals surface area contributed by atoms with Crippen LogP contribution >= 0.6 is 0 Å². The minimum atomic E-state index is -0.602. The molecule has 2 aromatic rings. The molecular weight excluding hydrogens is 236 g/mol. The third kappa shape index (κ3) is 2.71. The van der Waals surface area contributed by atoms with Crippen LogP contribution in [0.2, 0.25) is 0 Å². The Hall–Kier alpha value is -1.61. The van der Waals surface area contributed by atoms with Crippen molar-refractivity contribution in [3.63, 3.8) is 0 Å². The lowest BCUT2D eigenvalue weighted by molar-refractivity contribution is 0.206. The number of aryl methyl sites for hydroxylation is 4. The zero-order valence-corrected chi connectivity index (χ0v) is 12.1. The molecule has 0 amide bonds. The van der Waals surface area contributed by atoms with Crippen LogP contribution in [0.5, 0.6) is 0 Å². The summed E-state index contributed by atoms with van der Waals surface area (Å²) in [6, 6.07) is 6.14. The lowest BCUT2D eigenvalue weighted by Crippen LogP contribution is -2.12. The van der Waals surface area contributed by atoms with E-state index >= 15 is 0 Å². The number of hydrogen-bond donors (Lipinski definition) is 1. The van der Waals surface area contributed by atoms with E-state index in [0.29, 0.717) is 0 Å². The van der Waals surface area contributed by atoms with Crippen LogP contribution in [-0.2, 0) is 6.54 Å². The molecule has 3 nitrogen and oxygen atoms in total. The van der Waals surface area contributed by atoms with Crippen molar-refractivity contribution in [1.29, 1.82) is 0 Å². The maximum atomic E-state index is 10.7. The Morgan fingerprint density at radius 1 is 1.21 bits per heavy atom. The average Bonchev–Trinajstić information content (AvgIpc) is 2.76. The van der Waals surface area contributed by atoms with Crippen LogP contribution in [0.15, 0.2) is 24.4 Å². The van der Waals surface area contributed by atoms with Gasteiger partial charge in [-0.2, -0.15) is 5.10 Å². The molecule has 1 unspecified atom stereocenters. The molecule has 3 heteroatoms. The molecule has 102 valence electrons. The third-order valence-corrected chi connectivity index (χ3v) is 3.48. The lowest BCUT2D eigenvalue weighted by atomic mass is 9.94. The molecule has 1 heterocycles. The average molecular weight is 258 g/mol. The molecule has 0 radical (unpaired) electrons. The largest absolute Gasteiger partial charge is 0.382 e. The van der Waals surface area contributed by atoms with E-state index < -0.39 is 6.10 Å². The second-order valence-electron chi connectivity index (χ2n) is 5.19. The van der Waals surface area contributed by atoms with E-state index in [2.05, 4.69) is 44.9 Å². The minimum Gasteiger partial charge on any atom is -0.382 e. The number of aliphatic hydroxyl groups is 1. The van der Waals surface area contributed by atoms with Crippen LogP contribution in [-0.4, -0.2) is 14.9 Å². The third-order valence-electron chi connectivity index (χ3n) is 3.48. The Morgan fingerprint density at radius 3 is 2.42 bits per heavy atom. The van der Waals surface area contributed by atoms with Gasteiger partial charge in [-0.3, -0.25) is 4.68 Å². The molecule has 0 saturated heterocycles. The zero-order valence-electron chi connectivity index (χ0n) is 12.1. The van der Waals surface area contributed by atoms with Gasteiger partial charge in [-0.15, -0.1) is 0 Å². The van der Waals surface area contributed by atoms with Crippen LogP contribution < -0.4 is 0 Å². The number of aliphatic hydroxyl groups excluding tert-OH is 1. The summed E-state index contributed by atoms with van der Waals surface area (Å²) in [5, 5.41) is 15.0. The molecule has 1 aromatic carbocycles. The van der Waals surface area contributed by atoms with Gasteiger partial charge < -0.3 is 5.11 Å². The fourth-order valence-electron chi connectivity index (χ4n) is 2.74. The number of benzene rings is 1. The second kappa shape index (κ2) is 5.57. The molecule has 0 saturated carbocycles. The maximum Gasteiger partial charge on any atom is 0.121 e. The van der Waals surface area contributed by atoms with Crippen molar-refractivity contribution < 1.29 is 5.11 Å². The Labute approximate surface area is 114 Å². The molecular formula is C16H22N2O. The van der Waals surface area contributed by atoms with Gasteiger partial charge in [0.2, 0.25) is 0 Å². The Kier molecular flexibility index (Phi) is 4.05. The van der Waals surface area contributed by atoms with E-state index in [-0.39, 0.29) is 0 Å². The van der Waals surface area contributed by atoms with Gasteiger partial charge >= 0.3 is 0 Å². The Morgan fingerprint density at radius 2 is 1.84 bits per heavy atom. The summed E-state index contributed by atoms with van der Waals surface area (Å²) in [7, 11) is 0. The van der Waals surface area contributed by atoms with Gasteiger partial charge in [0, 0.05) is 12.7 Å². The van der Waals surface area contributed by atoms with E-state index in [0.717, 1.165) is 35.3 Å². The van der Waals surface area contributed by atoms with E-state index in [4.69, 9.17) is 0 Å². The summed E-state index contributed by atoms with van der Waals surface area (Å²) < 4.78 is 1.89. The molecule has 0 aliphatic heterocycles. The summed E-state index contributed by atoms with van der Waals surface area (Å²) in [6.07, 6.45) is 2.16. The van der Waals surface area contributed by atoms with Crippen molar-refractivity contribution in [2.24, 2.45) is 0 Å². The predicted molar refractivity (Wildman–Crippen MR) is 77.2 cm³/mol. The lowest BCUT2D eigenvalue weighted by Gasteiger charge is -2.18. The number of nitrogens with zero attached hydrogens (tertiary/aromatic N) is 2. The van der Waals surface area contributed by atoms with Crippen molar-refractivity contribution in [2.45, 2.75) is 46.8 Å². The molecule has 0 aliphatic rings. The predicted octanol–water partition coefficient (Wildman–Crippen LogP) is 3.30. The van der Waals surface area contributed by atoms with Gasteiger partial charge in [-0.25, -0.2) is 0 Å². The van der Waals surface area contributed by atoms with Gasteiger partial charge in [-0.1, -0.05) is 24.6 Å². The van der Waals surface area contributed by atoms with Crippen molar-refractivity contribution in [2.75, 3.05) is 0 Å². The van der Waals surface area contributed by atoms with Gasteiger partial charge in [0.1, 0.15) is 6.10 Å². The molecule has 0 spiro atoms. The van der Waals surface area contributed by atoms with Crippen molar-refractivity contribution >= 4 is 0 Å². The highest BCUT2D eigenvalue weighted by molar-refractivity contribution is 5.41. The Balaban J connectivity index is 2.44. The quantitative estimate of drug-likeness (QED) is 0.913. The topological polar surface area (TPSA) is 38.0 Å². The molecule has 2 rings (SSSR count). The van der Waals surface area contributed by atoms with Crippen LogP contribution in [0.25, 0.3) is 0 Å². The zero-order chi connectivity index (χ0) is 14.0. The number of rotatable bonds is 4. The molecule has 0 bridgehead atoms. The summed E-state index contributed by atoms with van der Waals surface area (Å²) >= 11 is 0. The fraction of sp³-hybridized carbons (Fsp3) is 0.438. The molecule has 1 aromatic heterocycles. The summed E-state index contributed by atoms with van der Waals surface area (Å²) in [5.41, 5.74) is 5.37. The van der Waals surface area contributed by atoms with E-state index in [9.17, 15) is 5.11 Å². The first-order chi connectivity index (χ1) is 9.04. The molecule has 0 fully saturated rings. The van der Waals surface area contributed by atoms with Gasteiger partial charge in [0.15, 0.2) is 0 Å². The van der Waals surface area contributed by atoms with Crippen molar-refractivity contribution in [3.8, 4) is 0 Å². The SMILES string of the molecule is CCCn1nccc1C(O)c1c(C)cc(C)cc1C. The van der Waals surface area contributed by atoms with Gasteiger partial charge in [0.05, 0.1) is 5.69 Å². The van der Waals surface area contributed by atoms with E-state index in [1.54, 1.807) is 6.20 Å². The summed E-state index contributed by atoms with van der Waals surface area (Å²) in [6.45, 7) is 9.14. The Bertz CT molecular complexity index is 549. The van der Waals surface area contributed by atoms with E-state index in [1.165, 1.54) is 5.56 Å². The molecule has 1 atom stereocenters. The minimum absolute atomic E-state index is 0.602.